The van der Waals surface area contributed by atoms with Gasteiger partial charge in [0.2, 0.25) is 0 Å². The van der Waals surface area contributed by atoms with Gasteiger partial charge in [0.15, 0.2) is 11.3 Å². The monoisotopic (exact) mass is 256 g/mol. The summed E-state index contributed by atoms with van der Waals surface area (Å²) in [5, 5.41) is 11.0. The number of anilines is 1. The van der Waals surface area contributed by atoms with E-state index < -0.39 is 0 Å². The Labute approximate surface area is 108 Å². The summed E-state index contributed by atoms with van der Waals surface area (Å²) in [4.78, 5) is 16.2. The first-order valence-electron chi connectivity index (χ1n) is 5.75. The van der Waals surface area contributed by atoms with Gasteiger partial charge in [-0.3, -0.25) is 9.48 Å². The molecule has 0 saturated heterocycles. The topological polar surface area (TPSA) is 77.1 Å². The normalized spacial score (nSPS) is 10.8. The van der Waals surface area contributed by atoms with Crippen molar-refractivity contribution in [2.75, 3.05) is 5.32 Å². The Bertz CT molecular complexity index is 724. The molecule has 3 aromatic rings. The van der Waals surface area contributed by atoms with Crippen molar-refractivity contribution in [3.05, 3.63) is 42.1 Å². The van der Waals surface area contributed by atoms with Crippen LogP contribution in [-0.4, -0.2) is 30.3 Å². The number of rotatable bonds is 2. The summed E-state index contributed by atoms with van der Waals surface area (Å²) in [6.45, 7) is 1.88. The number of hydrogen-bond donors (Lipinski definition) is 1. The fourth-order valence-electron chi connectivity index (χ4n) is 1.75. The third-order valence-corrected chi connectivity index (χ3v) is 2.95. The quantitative estimate of drug-likeness (QED) is 0.742. The molecule has 0 aliphatic heterocycles. The van der Waals surface area contributed by atoms with Crippen molar-refractivity contribution in [3.8, 4) is 0 Å². The van der Waals surface area contributed by atoms with Gasteiger partial charge >= 0.3 is 0 Å². The molecule has 1 N–H and O–H groups in total. The van der Waals surface area contributed by atoms with Crippen molar-refractivity contribution in [1.82, 2.24) is 24.4 Å². The first-order valence-corrected chi connectivity index (χ1v) is 5.75. The predicted molar refractivity (Wildman–Crippen MR) is 68.9 cm³/mol. The Morgan fingerprint density at radius 1 is 1.42 bits per heavy atom. The molecule has 0 saturated carbocycles. The Hall–Kier alpha value is -2.70. The molecule has 1 amide bonds. The first kappa shape index (κ1) is 11.4. The van der Waals surface area contributed by atoms with Gasteiger partial charge in [-0.1, -0.05) is 0 Å². The molecule has 19 heavy (non-hydrogen) atoms. The van der Waals surface area contributed by atoms with Crippen LogP contribution in [0.1, 0.15) is 16.2 Å². The fourth-order valence-corrected chi connectivity index (χ4v) is 1.75. The lowest BCUT2D eigenvalue weighted by molar-refractivity contribution is 0.102. The molecule has 3 rings (SSSR count). The number of fused-ring (bicyclic) bond motifs is 1. The van der Waals surface area contributed by atoms with Crippen molar-refractivity contribution in [1.29, 1.82) is 0 Å². The maximum absolute atomic E-state index is 12.1. The maximum atomic E-state index is 12.1. The second-order valence-electron chi connectivity index (χ2n) is 4.17. The van der Waals surface area contributed by atoms with E-state index >= 15 is 0 Å². The second kappa shape index (κ2) is 4.20. The van der Waals surface area contributed by atoms with E-state index in [0.717, 1.165) is 5.69 Å². The molecule has 0 fully saturated rings. The lowest BCUT2D eigenvalue weighted by Gasteiger charge is -2.01. The van der Waals surface area contributed by atoms with Gasteiger partial charge < -0.3 is 5.32 Å². The molecule has 0 aliphatic carbocycles. The third kappa shape index (κ3) is 1.95. The van der Waals surface area contributed by atoms with E-state index in [0.29, 0.717) is 17.0 Å². The van der Waals surface area contributed by atoms with Crippen LogP contribution in [0.15, 0.2) is 30.7 Å². The van der Waals surface area contributed by atoms with E-state index in [1.807, 2.05) is 14.0 Å². The van der Waals surface area contributed by atoms with Gasteiger partial charge in [0.1, 0.15) is 0 Å². The number of aromatic nitrogens is 5. The van der Waals surface area contributed by atoms with E-state index in [9.17, 15) is 4.79 Å². The van der Waals surface area contributed by atoms with Gasteiger partial charge in [-0.2, -0.15) is 10.2 Å². The molecule has 0 radical (unpaired) electrons. The van der Waals surface area contributed by atoms with E-state index in [1.165, 1.54) is 0 Å². The van der Waals surface area contributed by atoms with Crippen LogP contribution in [-0.2, 0) is 7.05 Å². The average Bonchev–Trinajstić information content (AvgIpc) is 2.97. The van der Waals surface area contributed by atoms with Gasteiger partial charge in [0, 0.05) is 25.5 Å². The summed E-state index contributed by atoms with van der Waals surface area (Å²) in [5.41, 5.74) is 2.52. The highest BCUT2D eigenvalue weighted by molar-refractivity contribution is 6.03. The van der Waals surface area contributed by atoms with Crippen molar-refractivity contribution in [3.63, 3.8) is 0 Å². The molecule has 0 bridgehead atoms. The lowest BCUT2D eigenvalue weighted by atomic mass is 10.3. The molecule has 0 aliphatic rings. The number of aryl methyl sites for hydroxylation is 1. The van der Waals surface area contributed by atoms with Crippen LogP contribution in [0, 0.1) is 6.92 Å². The van der Waals surface area contributed by atoms with Crippen molar-refractivity contribution in [2.24, 2.45) is 7.05 Å². The van der Waals surface area contributed by atoms with Crippen molar-refractivity contribution >= 4 is 17.2 Å². The smallest absolute Gasteiger partial charge is 0.276 e. The summed E-state index contributed by atoms with van der Waals surface area (Å²) in [5.74, 6) is -0.276. The number of carbonyl (C=O) groups is 1. The van der Waals surface area contributed by atoms with Crippen LogP contribution in [0.5, 0.6) is 0 Å². The molecule has 0 atom stereocenters. The molecule has 7 heteroatoms. The summed E-state index contributed by atoms with van der Waals surface area (Å²) >= 11 is 0. The predicted octanol–water partition coefficient (Wildman–Crippen LogP) is 1.02. The Morgan fingerprint density at radius 2 is 2.26 bits per heavy atom. The van der Waals surface area contributed by atoms with Crippen LogP contribution in [0.25, 0.3) is 5.65 Å². The minimum Gasteiger partial charge on any atom is -0.318 e. The zero-order valence-electron chi connectivity index (χ0n) is 10.5. The summed E-state index contributed by atoms with van der Waals surface area (Å²) in [7, 11) is 1.82. The Kier molecular flexibility index (Phi) is 2.52. The number of nitrogens with one attached hydrogen (secondary N) is 1. The highest BCUT2D eigenvalue weighted by Crippen LogP contribution is 2.13. The van der Waals surface area contributed by atoms with Gasteiger partial charge in [-0.15, -0.1) is 0 Å². The highest BCUT2D eigenvalue weighted by atomic mass is 16.2. The van der Waals surface area contributed by atoms with Gasteiger partial charge in [0.25, 0.3) is 5.91 Å². The minimum atomic E-state index is -0.276. The number of carbonyl (C=O) groups excluding carboxylic acids is 1. The van der Waals surface area contributed by atoms with Crippen LogP contribution < -0.4 is 5.32 Å². The number of nitrogens with zero attached hydrogens (tertiary/aromatic N) is 5. The third-order valence-electron chi connectivity index (χ3n) is 2.95. The van der Waals surface area contributed by atoms with Crippen molar-refractivity contribution in [2.45, 2.75) is 6.92 Å². The molecule has 0 spiro atoms. The average molecular weight is 256 g/mol. The summed E-state index contributed by atoms with van der Waals surface area (Å²) in [6.07, 6.45) is 5.01. The Morgan fingerprint density at radius 3 is 2.95 bits per heavy atom. The van der Waals surface area contributed by atoms with E-state index in [1.54, 1.807) is 39.9 Å². The van der Waals surface area contributed by atoms with Gasteiger partial charge in [-0.25, -0.2) is 9.50 Å². The number of hydrogen-bond acceptors (Lipinski definition) is 4. The Balaban J connectivity index is 1.89. The number of amides is 1. The van der Waals surface area contributed by atoms with Gasteiger partial charge in [-0.05, 0) is 13.0 Å². The largest absolute Gasteiger partial charge is 0.318 e. The second-order valence-corrected chi connectivity index (χ2v) is 4.17. The minimum absolute atomic E-state index is 0.276. The summed E-state index contributed by atoms with van der Waals surface area (Å²) < 4.78 is 3.26. The molecule has 96 valence electrons. The molecule has 3 heterocycles. The first-order chi connectivity index (χ1) is 9.15. The van der Waals surface area contributed by atoms with E-state index in [-0.39, 0.29) is 5.91 Å². The molecule has 3 aromatic heterocycles. The maximum Gasteiger partial charge on any atom is 0.276 e. The molecule has 7 nitrogen and oxygen atoms in total. The van der Waals surface area contributed by atoms with Crippen LogP contribution >= 0.6 is 0 Å². The summed E-state index contributed by atoms with van der Waals surface area (Å²) in [6, 6.07) is 3.40. The van der Waals surface area contributed by atoms with E-state index in [4.69, 9.17) is 0 Å². The van der Waals surface area contributed by atoms with Crippen LogP contribution in [0.2, 0.25) is 0 Å². The fraction of sp³-hybridized carbons (Fsp3) is 0.167. The van der Waals surface area contributed by atoms with Crippen LogP contribution in [0.3, 0.4) is 0 Å². The molecule has 0 unspecified atom stereocenters. The zero-order valence-corrected chi connectivity index (χ0v) is 10.5. The van der Waals surface area contributed by atoms with E-state index in [2.05, 4.69) is 20.5 Å². The van der Waals surface area contributed by atoms with Crippen LogP contribution in [0.4, 0.5) is 5.69 Å². The van der Waals surface area contributed by atoms with Gasteiger partial charge in [0.05, 0.1) is 17.6 Å². The standard InChI is InChI=1S/C12H12N6O/c1-8-10(7-14-17(8)2)15-12(19)9-6-11-13-4-3-5-18(11)16-9/h3-7H,1-2H3,(H,15,19). The molecule has 0 aromatic carbocycles. The SMILES string of the molecule is Cc1c(NC(=O)c2cc3ncccn3n2)cnn1C. The molecular weight excluding hydrogens is 244 g/mol. The van der Waals surface area contributed by atoms with Crippen molar-refractivity contribution < 1.29 is 4.79 Å². The highest BCUT2D eigenvalue weighted by Gasteiger charge is 2.13. The molecular formula is C12H12N6O. The lowest BCUT2D eigenvalue weighted by Crippen LogP contribution is -2.13. The zero-order chi connectivity index (χ0) is 13.4.